The number of aryl methyl sites for hydroxylation is 1. The molecule has 1 aromatic rings. The van der Waals surface area contributed by atoms with Crippen LogP contribution in [-0.4, -0.2) is 39.5 Å². The summed E-state index contributed by atoms with van der Waals surface area (Å²) >= 11 is 1.59. The summed E-state index contributed by atoms with van der Waals surface area (Å²) in [6.07, 6.45) is 6.05. The number of aromatic nitrogens is 1. The number of aliphatic carboxylic acids is 1. The quantitative estimate of drug-likeness (QED) is 0.896. The van der Waals surface area contributed by atoms with Gasteiger partial charge < -0.3 is 10.0 Å². The number of piperidine rings is 1. The maximum absolute atomic E-state index is 12.1. The number of likely N-dealkylation sites (tertiary alicyclic amines) is 1. The highest BCUT2D eigenvalue weighted by atomic mass is 32.1. The van der Waals surface area contributed by atoms with E-state index < -0.39 is 12.0 Å². The van der Waals surface area contributed by atoms with Crippen LogP contribution in [0.2, 0.25) is 0 Å². The number of thiazole rings is 1. The van der Waals surface area contributed by atoms with E-state index in [-0.39, 0.29) is 5.91 Å². The molecule has 0 saturated carbocycles. The summed E-state index contributed by atoms with van der Waals surface area (Å²) in [5, 5.41) is 12.1. The normalized spacial score (nSPS) is 19.4. The van der Waals surface area contributed by atoms with E-state index in [0.29, 0.717) is 19.4 Å². The molecule has 5 nitrogen and oxygen atoms in total. The van der Waals surface area contributed by atoms with Crippen molar-refractivity contribution in [3.8, 4) is 0 Å². The topological polar surface area (TPSA) is 70.5 Å². The maximum Gasteiger partial charge on any atom is 0.326 e. The molecule has 0 radical (unpaired) electrons. The van der Waals surface area contributed by atoms with Crippen molar-refractivity contribution >= 4 is 23.2 Å². The lowest BCUT2D eigenvalue weighted by atomic mass is 10.0. The summed E-state index contributed by atoms with van der Waals surface area (Å²) in [4.78, 5) is 28.9. The Balaban J connectivity index is 1.82. The van der Waals surface area contributed by atoms with Gasteiger partial charge in [0, 0.05) is 24.5 Å². The predicted octanol–water partition coefficient (Wildman–Crippen LogP) is 1.93. The molecule has 1 N–H and O–H groups in total. The van der Waals surface area contributed by atoms with Gasteiger partial charge in [0.15, 0.2) is 0 Å². The second-order valence-electron chi connectivity index (χ2n) is 4.72. The molecule has 0 aromatic carbocycles. The van der Waals surface area contributed by atoms with Gasteiger partial charge in [0.1, 0.15) is 6.04 Å². The fourth-order valence-corrected chi connectivity index (χ4v) is 3.06. The SMILES string of the molecule is O=C(O)C1CCCCN1C(=O)CCCc1nccs1. The third-order valence-corrected chi connectivity index (χ3v) is 4.21. The molecule has 1 unspecified atom stereocenters. The van der Waals surface area contributed by atoms with Crippen molar-refractivity contribution in [2.45, 2.75) is 44.6 Å². The third-order valence-electron chi connectivity index (χ3n) is 3.37. The summed E-state index contributed by atoms with van der Waals surface area (Å²) in [6, 6.07) is -0.624. The van der Waals surface area contributed by atoms with Crippen LogP contribution in [0.15, 0.2) is 11.6 Å². The average Bonchev–Trinajstić information content (AvgIpc) is 2.91. The minimum atomic E-state index is -0.882. The van der Waals surface area contributed by atoms with Crippen molar-refractivity contribution in [1.29, 1.82) is 0 Å². The van der Waals surface area contributed by atoms with Gasteiger partial charge >= 0.3 is 5.97 Å². The number of nitrogens with zero attached hydrogens (tertiary/aromatic N) is 2. The first-order valence-corrected chi connectivity index (χ1v) is 7.47. The Kier molecular flexibility index (Phi) is 4.90. The first-order chi connectivity index (χ1) is 9.18. The first kappa shape index (κ1) is 14.0. The lowest BCUT2D eigenvalue weighted by molar-refractivity contribution is -0.152. The molecule has 0 spiro atoms. The summed E-state index contributed by atoms with van der Waals surface area (Å²) < 4.78 is 0. The number of carboxylic acid groups (broad SMARTS) is 1. The Bertz CT molecular complexity index is 433. The van der Waals surface area contributed by atoms with Crippen LogP contribution in [0.5, 0.6) is 0 Å². The van der Waals surface area contributed by atoms with Crippen molar-refractivity contribution in [2.75, 3.05) is 6.54 Å². The van der Waals surface area contributed by atoms with Crippen molar-refractivity contribution in [3.63, 3.8) is 0 Å². The van der Waals surface area contributed by atoms with Crippen LogP contribution < -0.4 is 0 Å². The van der Waals surface area contributed by atoms with E-state index in [9.17, 15) is 9.59 Å². The Morgan fingerprint density at radius 3 is 3.00 bits per heavy atom. The number of rotatable bonds is 5. The van der Waals surface area contributed by atoms with E-state index in [4.69, 9.17) is 5.11 Å². The van der Waals surface area contributed by atoms with Crippen LogP contribution in [-0.2, 0) is 16.0 Å². The second-order valence-corrected chi connectivity index (χ2v) is 5.70. The smallest absolute Gasteiger partial charge is 0.326 e. The minimum Gasteiger partial charge on any atom is -0.480 e. The number of hydrogen-bond donors (Lipinski definition) is 1. The number of hydrogen-bond acceptors (Lipinski definition) is 4. The van der Waals surface area contributed by atoms with Crippen LogP contribution in [0.25, 0.3) is 0 Å². The van der Waals surface area contributed by atoms with Crippen molar-refractivity contribution in [3.05, 3.63) is 16.6 Å². The molecule has 1 aromatic heterocycles. The Labute approximate surface area is 116 Å². The van der Waals surface area contributed by atoms with Crippen molar-refractivity contribution in [2.24, 2.45) is 0 Å². The van der Waals surface area contributed by atoms with Gasteiger partial charge in [-0.25, -0.2) is 9.78 Å². The summed E-state index contributed by atoms with van der Waals surface area (Å²) in [6.45, 7) is 0.576. The van der Waals surface area contributed by atoms with Crippen molar-refractivity contribution < 1.29 is 14.7 Å². The van der Waals surface area contributed by atoms with E-state index in [2.05, 4.69) is 4.98 Å². The zero-order valence-electron chi connectivity index (χ0n) is 10.7. The van der Waals surface area contributed by atoms with E-state index >= 15 is 0 Å². The molecule has 1 atom stereocenters. The molecular weight excluding hydrogens is 264 g/mol. The highest BCUT2D eigenvalue weighted by Gasteiger charge is 2.31. The highest BCUT2D eigenvalue weighted by molar-refractivity contribution is 7.09. The highest BCUT2D eigenvalue weighted by Crippen LogP contribution is 2.19. The molecule has 1 fully saturated rings. The number of carbonyl (C=O) groups is 2. The summed E-state index contributed by atoms with van der Waals surface area (Å²) in [7, 11) is 0. The van der Waals surface area contributed by atoms with E-state index in [0.717, 1.165) is 30.7 Å². The van der Waals surface area contributed by atoms with Gasteiger partial charge in [0.2, 0.25) is 5.91 Å². The van der Waals surface area contributed by atoms with Gasteiger partial charge in [-0.1, -0.05) is 0 Å². The molecule has 104 valence electrons. The fraction of sp³-hybridized carbons (Fsp3) is 0.615. The molecule has 1 aliphatic rings. The van der Waals surface area contributed by atoms with Gasteiger partial charge in [-0.15, -0.1) is 11.3 Å². The van der Waals surface area contributed by atoms with Crippen LogP contribution in [0.3, 0.4) is 0 Å². The molecule has 1 aliphatic heterocycles. The first-order valence-electron chi connectivity index (χ1n) is 6.59. The Morgan fingerprint density at radius 2 is 2.32 bits per heavy atom. The maximum atomic E-state index is 12.1. The molecule has 1 amide bonds. The van der Waals surface area contributed by atoms with E-state index in [1.807, 2.05) is 5.38 Å². The Morgan fingerprint density at radius 1 is 1.47 bits per heavy atom. The molecule has 1 saturated heterocycles. The average molecular weight is 282 g/mol. The van der Waals surface area contributed by atoms with Gasteiger partial charge in [0.05, 0.1) is 5.01 Å². The minimum absolute atomic E-state index is 0.0383. The van der Waals surface area contributed by atoms with Crippen molar-refractivity contribution in [1.82, 2.24) is 9.88 Å². The second kappa shape index (κ2) is 6.65. The van der Waals surface area contributed by atoms with Gasteiger partial charge in [-0.2, -0.15) is 0 Å². The zero-order valence-corrected chi connectivity index (χ0v) is 11.6. The molecular formula is C13H18N2O3S. The largest absolute Gasteiger partial charge is 0.480 e. The van der Waals surface area contributed by atoms with E-state index in [1.54, 1.807) is 17.5 Å². The molecule has 0 bridgehead atoms. The molecule has 2 rings (SSSR count). The summed E-state index contributed by atoms with van der Waals surface area (Å²) in [5.74, 6) is -0.920. The van der Waals surface area contributed by atoms with Gasteiger partial charge in [-0.05, 0) is 32.1 Å². The number of carbonyl (C=O) groups excluding carboxylic acids is 1. The summed E-state index contributed by atoms with van der Waals surface area (Å²) in [5.41, 5.74) is 0. The molecule has 19 heavy (non-hydrogen) atoms. The van der Waals surface area contributed by atoms with Crippen LogP contribution in [0.4, 0.5) is 0 Å². The Hall–Kier alpha value is -1.43. The van der Waals surface area contributed by atoms with Gasteiger partial charge in [0.25, 0.3) is 0 Å². The van der Waals surface area contributed by atoms with Crippen LogP contribution >= 0.6 is 11.3 Å². The van der Waals surface area contributed by atoms with Gasteiger partial charge in [-0.3, -0.25) is 4.79 Å². The fourth-order valence-electron chi connectivity index (χ4n) is 2.40. The lowest BCUT2D eigenvalue weighted by Gasteiger charge is -2.33. The van der Waals surface area contributed by atoms with E-state index in [1.165, 1.54) is 4.90 Å². The van der Waals surface area contributed by atoms with Crippen LogP contribution in [0, 0.1) is 0 Å². The molecule has 0 aliphatic carbocycles. The standard InChI is InChI=1S/C13H18N2O3S/c16-12(6-3-5-11-14-7-9-19-11)15-8-2-1-4-10(15)13(17)18/h7,9-10H,1-6,8H2,(H,17,18). The molecule has 6 heteroatoms. The predicted molar refractivity (Wildman–Crippen MR) is 72.0 cm³/mol. The monoisotopic (exact) mass is 282 g/mol. The lowest BCUT2D eigenvalue weighted by Crippen LogP contribution is -2.47. The number of carboxylic acids is 1. The zero-order chi connectivity index (χ0) is 13.7. The van der Waals surface area contributed by atoms with Crippen LogP contribution in [0.1, 0.15) is 37.1 Å². The third kappa shape index (κ3) is 3.76. The molecule has 2 heterocycles. The number of amides is 1.